The van der Waals surface area contributed by atoms with E-state index in [0.29, 0.717) is 11.5 Å². The second-order valence-electron chi connectivity index (χ2n) is 10.3. The second-order valence-corrected chi connectivity index (χ2v) is 10.3. The largest absolute Gasteiger partial charge is 0.508 e. The average molecular weight is 456 g/mol. The Bertz CT molecular complexity index is 1180. The number of phenolic OH excluding ortho intramolecular Hbond substituents is 2. The molecule has 176 valence electrons. The molecule has 4 heteroatoms. The Morgan fingerprint density at radius 3 is 2.38 bits per heavy atom. The number of hydrogen-bond acceptors (Lipinski definition) is 4. The third-order valence-electron chi connectivity index (χ3n) is 8.31. The van der Waals surface area contributed by atoms with E-state index < -0.39 is 0 Å². The lowest BCUT2D eigenvalue weighted by Crippen LogP contribution is -2.33. The van der Waals surface area contributed by atoms with Crippen LogP contribution in [-0.4, -0.2) is 41.4 Å². The highest BCUT2D eigenvalue weighted by Crippen LogP contribution is 2.58. The van der Waals surface area contributed by atoms with Crippen LogP contribution in [0.2, 0.25) is 0 Å². The SMILES string of the molecule is Oc1ccc2c(c1)CC[C@@]21C[C@@H](c2ccc(OCCN3CCCCC3)cc2)c2cc(O)ccc21. The number of benzene rings is 3. The van der Waals surface area contributed by atoms with Crippen molar-refractivity contribution in [1.29, 1.82) is 0 Å². The number of nitrogens with zero attached hydrogens (tertiary/aromatic N) is 1. The van der Waals surface area contributed by atoms with Gasteiger partial charge in [-0.15, -0.1) is 0 Å². The number of ether oxygens (including phenoxy) is 1. The summed E-state index contributed by atoms with van der Waals surface area (Å²) in [5.74, 6) is 1.81. The van der Waals surface area contributed by atoms with Crippen LogP contribution >= 0.6 is 0 Å². The standard InChI is InChI=1S/C30H33NO3/c32-23-6-10-28-22(18-23)12-13-30(28)20-27(26-19-24(33)7-11-29(26)30)21-4-8-25(9-5-21)34-17-16-31-14-2-1-3-15-31/h4-11,18-19,27,32-33H,1-3,12-17,20H2/t27-,30+/m0/s1. The van der Waals surface area contributed by atoms with E-state index in [1.807, 2.05) is 24.3 Å². The Hall–Kier alpha value is -2.98. The van der Waals surface area contributed by atoms with E-state index in [2.05, 4.69) is 41.3 Å². The van der Waals surface area contributed by atoms with Gasteiger partial charge < -0.3 is 14.9 Å². The number of piperidine rings is 1. The fourth-order valence-corrected chi connectivity index (χ4v) is 6.64. The third-order valence-corrected chi connectivity index (χ3v) is 8.31. The van der Waals surface area contributed by atoms with Gasteiger partial charge in [0.1, 0.15) is 23.9 Å². The zero-order valence-corrected chi connectivity index (χ0v) is 19.7. The first-order chi connectivity index (χ1) is 16.6. The molecule has 1 fully saturated rings. The quantitative estimate of drug-likeness (QED) is 0.516. The third kappa shape index (κ3) is 3.74. The van der Waals surface area contributed by atoms with Crippen LogP contribution < -0.4 is 4.74 Å². The molecule has 0 amide bonds. The van der Waals surface area contributed by atoms with Crippen molar-refractivity contribution in [1.82, 2.24) is 4.90 Å². The van der Waals surface area contributed by atoms with Gasteiger partial charge in [0.25, 0.3) is 0 Å². The van der Waals surface area contributed by atoms with E-state index in [4.69, 9.17) is 4.74 Å². The fraction of sp³-hybridized carbons (Fsp3) is 0.400. The van der Waals surface area contributed by atoms with Crippen LogP contribution in [0, 0.1) is 0 Å². The smallest absolute Gasteiger partial charge is 0.119 e. The summed E-state index contributed by atoms with van der Waals surface area (Å²) < 4.78 is 6.06. The van der Waals surface area contributed by atoms with Crippen molar-refractivity contribution >= 4 is 0 Å². The highest BCUT2D eigenvalue weighted by atomic mass is 16.5. The summed E-state index contributed by atoms with van der Waals surface area (Å²) in [4.78, 5) is 2.50. The van der Waals surface area contributed by atoms with Crippen molar-refractivity contribution in [3.8, 4) is 17.2 Å². The molecule has 1 aliphatic heterocycles. The van der Waals surface area contributed by atoms with E-state index in [1.54, 1.807) is 0 Å². The highest BCUT2D eigenvalue weighted by Gasteiger charge is 2.48. The van der Waals surface area contributed by atoms with Crippen LogP contribution in [0.1, 0.15) is 65.8 Å². The van der Waals surface area contributed by atoms with Crippen molar-refractivity contribution in [2.45, 2.75) is 49.9 Å². The van der Waals surface area contributed by atoms with Crippen LogP contribution in [0.25, 0.3) is 0 Å². The topological polar surface area (TPSA) is 52.9 Å². The Morgan fingerprint density at radius 2 is 1.59 bits per heavy atom. The zero-order valence-electron chi connectivity index (χ0n) is 19.7. The molecule has 3 aliphatic rings. The van der Waals surface area contributed by atoms with Crippen LogP contribution in [0.5, 0.6) is 17.2 Å². The molecule has 0 aromatic heterocycles. The minimum atomic E-state index is -0.0552. The Morgan fingerprint density at radius 1 is 0.853 bits per heavy atom. The Labute approximate surface area is 201 Å². The lowest BCUT2D eigenvalue weighted by Gasteiger charge is -2.27. The zero-order chi connectivity index (χ0) is 23.1. The van der Waals surface area contributed by atoms with Gasteiger partial charge in [-0.25, -0.2) is 0 Å². The monoisotopic (exact) mass is 455 g/mol. The van der Waals surface area contributed by atoms with Crippen molar-refractivity contribution in [2.75, 3.05) is 26.2 Å². The molecular formula is C30H33NO3. The molecule has 6 rings (SSSR count). The summed E-state index contributed by atoms with van der Waals surface area (Å²) in [5, 5.41) is 20.3. The maximum atomic E-state index is 10.3. The first-order valence-corrected chi connectivity index (χ1v) is 12.7. The normalized spacial score (nSPS) is 23.7. The van der Waals surface area contributed by atoms with Gasteiger partial charge >= 0.3 is 0 Å². The van der Waals surface area contributed by atoms with Gasteiger partial charge in [0.15, 0.2) is 0 Å². The molecule has 4 nitrogen and oxygen atoms in total. The predicted molar refractivity (Wildman–Crippen MR) is 134 cm³/mol. The van der Waals surface area contributed by atoms with Gasteiger partial charge in [-0.05, 0) is 109 Å². The second kappa shape index (κ2) is 8.66. The first kappa shape index (κ1) is 21.5. The number of aromatic hydroxyl groups is 2. The minimum absolute atomic E-state index is 0.0552. The number of phenols is 2. The molecule has 1 heterocycles. The first-order valence-electron chi connectivity index (χ1n) is 12.7. The maximum Gasteiger partial charge on any atom is 0.119 e. The fourth-order valence-electron chi connectivity index (χ4n) is 6.64. The summed E-state index contributed by atoms with van der Waals surface area (Å²) in [6.07, 6.45) is 6.97. The number of rotatable bonds is 5. The van der Waals surface area contributed by atoms with Crippen molar-refractivity contribution < 1.29 is 14.9 Å². The molecule has 0 radical (unpaired) electrons. The number of fused-ring (bicyclic) bond motifs is 4. The van der Waals surface area contributed by atoms with Crippen LogP contribution in [0.4, 0.5) is 0 Å². The average Bonchev–Trinajstić information content (AvgIpc) is 3.38. The van der Waals surface area contributed by atoms with Gasteiger partial charge in [-0.3, -0.25) is 4.90 Å². The van der Waals surface area contributed by atoms with Gasteiger partial charge in [0.05, 0.1) is 0 Å². The summed E-state index contributed by atoms with van der Waals surface area (Å²) in [5.41, 5.74) is 6.33. The van der Waals surface area contributed by atoms with E-state index in [1.165, 1.54) is 60.2 Å². The van der Waals surface area contributed by atoms with E-state index in [-0.39, 0.29) is 11.3 Å². The van der Waals surface area contributed by atoms with Gasteiger partial charge in [0, 0.05) is 17.9 Å². The molecule has 0 saturated carbocycles. The number of aryl methyl sites for hydroxylation is 1. The Kier molecular flexibility index (Phi) is 5.49. The van der Waals surface area contributed by atoms with Crippen LogP contribution in [0.15, 0.2) is 60.7 Å². The molecule has 1 saturated heterocycles. The predicted octanol–water partition coefficient (Wildman–Crippen LogP) is 5.73. The van der Waals surface area contributed by atoms with Crippen molar-refractivity contribution in [2.24, 2.45) is 0 Å². The van der Waals surface area contributed by atoms with Gasteiger partial charge in [0.2, 0.25) is 0 Å². The summed E-state index contributed by atoms with van der Waals surface area (Å²) in [6.45, 7) is 4.11. The van der Waals surface area contributed by atoms with E-state index in [9.17, 15) is 10.2 Å². The van der Waals surface area contributed by atoms with E-state index >= 15 is 0 Å². The molecular weight excluding hydrogens is 422 g/mol. The lowest BCUT2D eigenvalue weighted by atomic mass is 9.76. The summed E-state index contributed by atoms with van der Waals surface area (Å²) in [7, 11) is 0. The molecule has 2 N–H and O–H groups in total. The number of hydrogen-bond donors (Lipinski definition) is 2. The van der Waals surface area contributed by atoms with Gasteiger partial charge in [-0.2, -0.15) is 0 Å². The van der Waals surface area contributed by atoms with Gasteiger partial charge in [-0.1, -0.05) is 30.7 Å². The number of likely N-dealkylation sites (tertiary alicyclic amines) is 1. The molecule has 0 unspecified atom stereocenters. The van der Waals surface area contributed by atoms with Crippen LogP contribution in [-0.2, 0) is 11.8 Å². The maximum absolute atomic E-state index is 10.3. The van der Waals surface area contributed by atoms with Crippen molar-refractivity contribution in [3.63, 3.8) is 0 Å². The molecule has 2 aliphatic carbocycles. The molecule has 2 atom stereocenters. The molecule has 1 spiro atoms. The molecule has 3 aromatic carbocycles. The summed E-state index contributed by atoms with van der Waals surface area (Å²) >= 11 is 0. The minimum Gasteiger partial charge on any atom is -0.508 e. The van der Waals surface area contributed by atoms with E-state index in [0.717, 1.165) is 38.2 Å². The van der Waals surface area contributed by atoms with Crippen LogP contribution in [0.3, 0.4) is 0 Å². The summed E-state index contributed by atoms with van der Waals surface area (Å²) in [6, 6.07) is 20.3. The highest BCUT2D eigenvalue weighted by molar-refractivity contribution is 5.59. The lowest BCUT2D eigenvalue weighted by molar-refractivity contribution is 0.183. The molecule has 3 aromatic rings. The molecule has 0 bridgehead atoms. The van der Waals surface area contributed by atoms with Crippen molar-refractivity contribution in [3.05, 3.63) is 88.5 Å². The Balaban J connectivity index is 1.24. The molecule has 34 heavy (non-hydrogen) atoms.